The van der Waals surface area contributed by atoms with Gasteiger partial charge in [0, 0.05) is 25.0 Å². The molecule has 1 aliphatic rings. The van der Waals surface area contributed by atoms with Crippen LogP contribution in [0.25, 0.3) is 47.9 Å². The molecule has 1 unspecified atom stereocenters. The summed E-state index contributed by atoms with van der Waals surface area (Å²) in [6.45, 7) is 21.8. The molecule has 3 heterocycles. The van der Waals surface area contributed by atoms with Crippen molar-refractivity contribution in [1.82, 2.24) is 4.98 Å². The van der Waals surface area contributed by atoms with E-state index in [9.17, 15) is 0 Å². The first-order valence-electron chi connectivity index (χ1n) is 22.6. The average Bonchev–Trinajstić information content (AvgIpc) is 3.84. The van der Waals surface area contributed by atoms with Crippen LogP contribution in [0, 0.1) is 17.5 Å². The molecule has 2 aromatic heterocycles. The van der Waals surface area contributed by atoms with Crippen LogP contribution in [0.1, 0.15) is 91.5 Å². The minimum atomic E-state index is -1.70. The van der Waals surface area contributed by atoms with Crippen molar-refractivity contribution in [3.05, 3.63) is 179 Å². The summed E-state index contributed by atoms with van der Waals surface area (Å²) in [7, 11) is -1.70. The molecule has 1 atom stereocenters. The summed E-state index contributed by atoms with van der Waals surface area (Å²) < 4.78 is 20.1. The molecule has 0 spiro atoms. The Bertz CT molecular complexity index is 2870. The van der Waals surface area contributed by atoms with Gasteiger partial charge in [-0.25, -0.2) is 11.3 Å². The second-order valence-corrected chi connectivity index (χ2v) is 24.9. The van der Waals surface area contributed by atoms with E-state index in [1.165, 1.54) is 48.1 Å². The topological polar surface area (TPSA) is 30.2 Å². The first kappa shape index (κ1) is 42.5. The van der Waals surface area contributed by atoms with E-state index in [0.29, 0.717) is 11.8 Å². The predicted molar refractivity (Wildman–Crippen MR) is 267 cm³/mol. The van der Waals surface area contributed by atoms with Crippen molar-refractivity contribution in [2.75, 3.05) is 4.90 Å². The Hall–Kier alpha value is -4.84. The number of hydrogen-bond acceptors (Lipinski definition) is 3. The van der Waals surface area contributed by atoms with Crippen LogP contribution in [-0.4, -0.2) is 13.1 Å². The second-order valence-electron chi connectivity index (χ2n) is 18.8. The molecule has 9 rings (SSSR count). The van der Waals surface area contributed by atoms with Gasteiger partial charge in [0.15, 0.2) is 0 Å². The van der Waals surface area contributed by atoms with Gasteiger partial charge in [-0.15, -0.1) is 47.0 Å². The normalized spacial score (nSPS) is 14.5. The number of aromatic nitrogens is 1. The predicted octanol–water partition coefficient (Wildman–Crippen LogP) is 16.3. The molecular formula is C56H58IrN3SSi. The van der Waals surface area contributed by atoms with Gasteiger partial charge >= 0.3 is 20.1 Å². The summed E-state index contributed by atoms with van der Waals surface area (Å²) in [4.78, 5) is 7.10. The van der Waals surface area contributed by atoms with Crippen molar-refractivity contribution in [1.29, 1.82) is 0 Å². The minimum absolute atomic E-state index is 0. The number of fused-ring (bicyclic) bond motifs is 4. The largest absolute Gasteiger partial charge is 3.00 e. The SMILES string of the molecule is CC(C)c1cc(-c2ccccc2)cc(C(C)C)c1N1c2ccccc2[N-]C1c1[c-]cc2sc3ccccc3c2c1.[2H]C([2H])(c1cc(-c2[c-]cccc2)ncc1[Si](C)(C)C)C(C)(C)C.[Ir+3]. The third-order valence-corrected chi connectivity index (χ3v) is 14.4. The molecule has 62 heavy (non-hydrogen) atoms. The van der Waals surface area contributed by atoms with Gasteiger partial charge in [0.25, 0.3) is 0 Å². The molecule has 8 aromatic rings. The molecule has 0 saturated heterocycles. The van der Waals surface area contributed by atoms with E-state index >= 15 is 0 Å². The van der Waals surface area contributed by atoms with Crippen molar-refractivity contribution < 1.29 is 22.8 Å². The standard InChI is InChI=1S/C37H32N2S.C19H26NSi.Ir/c1-23(2)29-21-27(25-12-6-5-7-13-25)22-30(24(3)4)36(29)39-33-16-10-9-15-32(33)38-37(39)26-18-19-35-31(20-26)28-14-8-11-17-34(28)40-35;1-19(2,3)13-16-12-17(15-10-8-7-9-11-15)20-14-18(16)21(4,5)6;/h5-17,19-24,37H,1-4H3;7-10,12,14H,13H2,1-6H3;/q-2;-1;+3/i;13D2;. The molecule has 0 saturated carbocycles. The molecule has 6 heteroatoms. The first-order chi connectivity index (χ1) is 29.9. The van der Waals surface area contributed by atoms with Gasteiger partial charge in [-0.2, -0.15) is 23.8 Å². The summed E-state index contributed by atoms with van der Waals surface area (Å²) in [5.74, 6) is 0.689. The number of benzene rings is 6. The Morgan fingerprint density at radius 2 is 1.42 bits per heavy atom. The zero-order valence-electron chi connectivity index (χ0n) is 39.6. The summed E-state index contributed by atoms with van der Waals surface area (Å²) in [6, 6.07) is 53.8. The summed E-state index contributed by atoms with van der Waals surface area (Å²) in [5, 5.41) is 9.01. The van der Waals surface area contributed by atoms with Crippen LogP contribution in [0.15, 0.2) is 140 Å². The number of pyridine rings is 1. The zero-order chi connectivity index (χ0) is 44.8. The quantitative estimate of drug-likeness (QED) is 0.112. The van der Waals surface area contributed by atoms with Gasteiger partial charge in [0.2, 0.25) is 0 Å². The number of anilines is 2. The van der Waals surface area contributed by atoms with Gasteiger partial charge in [0.1, 0.15) is 0 Å². The van der Waals surface area contributed by atoms with E-state index in [1.54, 1.807) is 0 Å². The van der Waals surface area contributed by atoms with E-state index in [-0.39, 0.29) is 26.3 Å². The van der Waals surface area contributed by atoms with Crippen LogP contribution >= 0.6 is 11.3 Å². The molecule has 0 fully saturated rings. The van der Waals surface area contributed by atoms with E-state index < -0.39 is 19.9 Å². The molecule has 0 bridgehead atoms. The van der Waals surface area contributed by atoms with Crippen molar-refractivity contribution >= 4 is 61.8 Å². The fraction of sp³-hybridized carbons (Fsp3) is 0.268. The molecule has 0 amide bonds. The van der Waals surface area contributed by atoms with Gasteiger partial charge in [-0.3, -0.25) is 0 Å². The Balaban J connectivity index is 0.000000219. The van der Waals surface area contributed by atoms with Gasteiger partial charge in [-0.05, 0) is 92.6 Å². The van der Waals surface area contributed by atoms with Crippen LogP contribution < -0.4 is 10.1 Å². The van der Waals surface area contributed by atoms with Crippen LogP contribution in [0.5, 0.6) is 0 Å². The fourth-order valence-corrected chi connectivity index (χ4v) is 10.7. The number of hydrogen-bond donors (Lipinski definition) is 0. The fourth-order valence-electron chi connectivity index (χ4n) is 8.28. The maximum atomic E-state index is 8.75. The summed E-state index contributed by atoms with van der Waals surface area (Å²) in [5.41, 5.74) is 11.8. The van der Waals surface area contributed by atoms with Crippen molar-refractivity contribution in [3.8, 4) is 22.4 Å². The van der Waals surface area contributed by atoms with E-state index in [0.717, 1.165) is 38.9 Å². The average molecular weight is 1030 g/mol. The molecule has 3 nitrogen and oxygen atoms in total. The first-order valence-corrected chi connectivity index (χ1v) is 25.9. The maximum Gasteiger partial charge on any atom is 3.00 e. The van der Waals surface area contributed by atoms with Gasteiger partial charge in [-0.1, -0.05) is 151 Å². The van der Waals surface area contributed by atoms with Crippen LogP contribution in [0.3, 0.4) is 0 Å². The molecule has 0 N–H and O–H groups in total. The number of nitrogens with zero attached hydrogens (tertiary/aromatic N) is 3. The number of thiophene rings is 1. The molecule has 6 aromatic carbocycles. The van der Waals surface area contributed by atoms with Gasteiger partial charge < -0.3 is 15.2 Å². The molecule has 316 valence electrons. The smallest absolute Gasteiger partial charge is 0.661 e. The Morgan fingerprint density at radius 3 is 2.08 bits per heavy atom. The van der Waals surface area contributed by atoms with Crippen molar-refractivity contribution in [2.45, 2.75) is 92.5 Å². The zero-order valence-corrected chi connectivity index (χ0v) is 41.8. The van der Waals surface area contributed by atoms with Gasteiger partial charge in [0.05, 0.1) is 8.07 Å². The van der Waals surface area contributed by atoms with Crippen molar-refractivity contribution in [2.24, 2.45) is 5.41 Å². The summed E-state index contributed by atoms with van der Waals surface area (Å²) >= 11 is 1.83. The van der Waals surface area contributed by atoms with E-state index in [2.05, 4.69) is 172 Å². The molecule has 0 aliphatic carbocycles. The molecule has 0 radical (unpaired) electrons. The Morgan fingerprint density at radius 1 is 0.758 bits per heavy atom. The molecular weight excluding hydrogens is 967 g/mol. The third kappa shape index (κ3) is 9.55. The monoisotopic (exact) mass is 1030 g/mol. The third-order valence-electron chi connectivity index (χ3n) is 11.2. The van der Waals surface area contributed by atoms with Crippen LogP contribution in [0.4, 0.5) is 17.1 Å². The molecule has 1 aliphatic heterocycles. The Kier molecular flexibility index (Phi) is 12.7. The summed E-state index contributed by atoms with van der Waals surface area (Å²) in [6.07, 6.45) is 0.286. The minimum Gasteiger partial charge on any atom is -0.661 e. The number of rotatable bonds is 8. The maximum absolute atomic E-state index is 8.75. The van der Waals surface area contributed by atoms with Crippen molar-refractivity contribution in [3.63, 3.8) is 0 Å². The van der Waals surface area contributed by atoms with E-state index in [1.807, 2.05) is 68.6 Å². The van der Waals surface area contributed by atoms with Crippen LogP contribution in [-0.2, 0) is 26.5 Å². The number of para-hydroxylation sites is 2. The Labute approximate surface area is 391 Å². The van der Waals surface area contributed by atoms with Crippen LogP contribution in [0.2, 0.25) is 19.6 Å². The second kappa shape index (κ2) is 18.5. The van der Waals surface area contributed by atoms with E-state index in [4.69, 9.17) is 8.06 Å².